The van der Waals surface area contributed by atoms with E-state index in [-0.39, 0.29) is 0 Å². The monoisotopic (exact) mass is 298 g/mol. The number of aldehydes is 1. The third-order valence-corrected chi connectivity index (χ3v) is 4.26. The molecule has 2 nitrogen and oxygen atoms in total. The lowest BCUT2D eigenvalue weighted by molar-refractivity contribution is -0.109. The summed E-state index contributed by atoms with van der Waals surface area (Å²) in [6.07, 6.45) is 20.4. The van der Waals surface area contributed by atoms with Gasteiger partial charge < -0.3 is 9.90 Å². The zero-order valence-electron chi connectivity index (χ0n) is 14.3. The summed E-state index contributed by atoms with van der Waals surface area (Å²) in [5, 5.41) is 9.41. The number of carbonyl (C=O) groups excluding carboxylic acids is 1. The second-order valence-corrected chi connectivity index (χ2v) is 6.44. The molecule has 0 aliphatic heterocycles. The van der Waals surface area contributed by atoms with Gasteiger partial charge in [0, 0.05) is 6.42 Å². The van der Waals surface area contributed by atoms with E-state index in [9.17, 15) is 9.90 Å². The Morgan fingerprint density at radius 2 is 1.10 bits per heavy atom. The Hall–Kier alpha value is -0.370. The van der Waals surface area contributed by atoms with Crippen LogP contribution in [-0.4, -0.2) is 17.5 Å². The molecule has 0 saturated heterocycles. The average molecular weight is 299 g/mol. The van der Waals surface area contributed by atoms with Gasteiger partial charge in [0.15, 0.2) is 0 Å². The first-order valence-electron chi connectivity index (χ1n) is 9.43. The number of unbranched alkanes of at least 4 members (excludes halogenated alkanes) is 13. The standard InChI is InChI=1S/C19H38O2/c1-2-3-4-5-6-7-8-9-10-11-12-13-14-15-16-19(21)17-18-20/h18-19,21H,2-17H2,1H3. The molecule has 1 N–H and O–H groups in total. The summed E-state index contributed by atoms with van der Waals surface area (Å²) >= 11 is 0. The van der Waals surface area contributed by atoms with E-state index in [1.807, 2.05) is 0 Å². The molecule has 0 aliphatic rings. The quantitative estimate of drug-likeness (QED) is 0.272. The summed E-state index contributed by atoms with van der Waals surface area (Å²) in [6, 6.07) is 0. The number of hydrogen-bond donors (Lipinski definition) is 1. The lowest BCUT2D eigenvalue weighted by atomic mass is 10.0. The minimum Gasteiger partial charge on any atom is -0.393 e. The fraction of sp³-hybridized carbons (Fsp3) is 0.947. The Kier molecular flexibility index (Phi) is 17.4. The van der Waals surface area contributed by atoms with Gasteiger partial charge in [-0.1, -0.05) is 96.8 Å². The Balaban J connectivity index is 3.01. The molecule has 0 heterocycles. The predicted octanol–water partition coefficient (Wildman–Crippen LogP) is 5.81. The summed E-state index contributed by atoms with van der Waals surface area (Å²) in [4.78, 5) is 10.2. The minimum absolute atomic E-state index is 0.304. The summed E-state index contributed by atoms with van der Waals surface area (Å²) in [6.45, 7) is 2.27. The molecule has 0 radical (unpaired) electrons. The van der Waals surface area contributed by atoms with Crippen LogP contribution < -0.4 is 0 Å². The van der Waals surface area contributed by atoms with E-state index in [1.165, 1.54) is 83.5 Å². The van der Waals surface area contributed by atoms with Gasteiger partial charge in [0.05, 0.1) is 6.10 Å². The molecular weight excluding hydrogens is 260 g/mol. The first-order chi connectivity index (χ1) is 10.3. The van der Waals surface area contributed by atoms with Crippen molar-refractivity contribution in [1.29, 1.82) is 0 Å². The molecule has 126 valence electrons. The van der Waals surface area contributed by atoms with Crippen molar-refractivity contribution in [3.05, 3.63) is 0 Å². The fourth-order valence-corrected chi connectivity index (χ4v) is 2.80. The highest BCUT2D eigenvalue weighted by Crippen LogP contribution is 2.13. The molecule has 1 atom stereocenters. The summed E-state index contributed by atoms with van der Waals surface area (Å²) in [5.74, 6) is 0. The van der Waals surface area contributed by atoms with Crippen LogP contribution in [0.2, 0.25) is 0 Å². The van der Waals surface area contributed by atoms with Crippen LogP contribution >= 0.6 is 0 Å². The van der Waals surface area contributed by atoms with Gasteiger partial charge in [0.1, 0.15) is 6.29 Å². The van der Waals surface area contributed by atoms with E-state index < -0.39 is 6.10 Å². The highest BCUT2D eigenvalue weighted by Gasteiger charge is 2.01. The molecular formula is C19H38O2. The zero-order valence-corrected chi connectivity index (χ0v) is 14.3. The second-order valence-electron chi connectivity index (χ2n) is 6.44. The van der Waals surface area contributed by atoms with Crippen LogP contribution in [0.3, 0.4) is 0 Å². The topological polar surface area (TPSA) is 37.3 Å². The van der Waals surface area contributed by atoms with Crippen molar-refractivity contribution in [2.45, 2.75) is 116 Å². The number of rotatable bonds is 17. The van der Waals surface area contributed by atoms with E-state index >= 15 is 0 Å². The third kappa shape index (κ3) is 17.6. The van der Waals surface area contributed by atoms with Gasteiger partial charge in [0.2, 0.25) is 0 Å². The lowest BCUT2D eigenvalue weighted by Gasteiger charge is -2.06. The van der Waals surface area contributed by atoms with Crippen molar-refractivity contribution in [3.63, 3.8) is 0 Å². The molecule has 0 rings (SSSR count). The van der Waals surface area contributed by atoms with Crippen LogP contribution in [0.25, 0.3) is 0 Å². The number of carbonyl (C=O) groups is 1. The van der Waals surface area contributed by atoms with Crippen LogP contribution in [0.15, 0.2) is 0 Å². The Labute approximate surface area is 132 Å². The van der Waals surface area contributed by atoms with Crippen LogP contribution in [0.5, 0.6) is 0 Å². The Bertz CT molecular complexity index is 204. The predicted molar refractivity (Wildman–Crippen MR) is 91.6 cm³/mol. The van der Waals surface area contributed by atoms with Crippen LogP contribution in [-0.2, 0) is 4.79 Å². The van der Waals surface area contributed by atoms with Crippen LogP contribution in [0.4, 0.5) is 0 Å². The molecule has 0 fully saturated rings. The van der Waals surface area contributed by atoms with E-state index in [1.54, 1.807) is 0 Å². The Morgan fingerprint density at radius 3 is 1.48 bits per heavy atom. The van der Waals surface area contributed by atoms with Crippen LogP contribution in [0.1, 0.15) is 110 Å². The van der Waals surface area contributed by atoms with Crippen molar-refractivity contribution < 1.29 is 9.90 Å². The summed E-state index contributed by atoms with van der Waals surface area (Å²) in [5.41, 5.74) is 0. The third-order valence-electron chi connectivity index (χ3n) is 4.26. The molecule has 0 aliphatic carbocycles. The molecule has 0 aromatic heterocycles. The highest BCUT2D eigenvalue weighted by atomic mass is 16.3. The molecule has 0 spiro atoms. The molecule has 0 aromatic rings. The van der Waals surface area contributed by atoms with Crippen molar-refractivity contribution in [3.8, 4) is 0 Å². The molecule has 1 unspecified atom stereocenters. The van der Waals surface area contributed by atoms with Gasteiger partial charge >= 0.3 is 0 Å². The maximum Gasteiger partial charge on any atom is 0.122 e. The van der Waals surface area contributed by atoms with E-state index in [4.69, 9.17) is 0 Å². The van der Waals surface area contributed by atoms with E-state index in [0.717, 1.165) is 19.1 Å². The van der Waals surface area contributed by atoms with Gasteiger partial charge in [0.25, 0.3) is 0 Å². The maximum absolute atomic E-state index is 10.2. The van der Waals surface area contributed by atoms with Gasteiger partial charge in [-0.15, -0.1) is 0 Å². The minimum atomic E-state index is -0.403. The summed E-state index contributed by atoms with van der Waals surface area (Å²) in [7, 11) is 0. The van der Waals surface area contributed by atoms with Gasteiger partial charge in [-0.2, -0.15) is 0 Å². The number of hydrogen-bond acceptors (Lipinski definition) is 2. The first kappa shape index (κ1) is 20.6. The SMILES string of the molecule is CCCCCCCCCCCCCCCCC(O)CC=O. The largest absolute Gasteiger partial charge is 0.393 e. The molecule has 0 saturated carbocycles. The second kappa shape index (κ2) is 17.7. The van der Waals surface area contributed by atoms with Gasteiger partial charge in [-0.25, -0.2) is 0 Å². The number of aliphatic hydroxyl groups excluding tert-OH is 1. The smallest absolute Gasteiger partial charge is 0.122 e. The van der Waals surface area contributed by atoms with Gasteiger partial charge in [-0.05, 0) is 6.42 Å². The maximum atomic E-state index is 10.2. The Morgan fingerprint density at radius 1 is 0.714 bits per heavy atom. The average Bonchev–Trinajstić information content (AvgIpc) is 2.48. The summed E-state index contributed by atoms with van der Waals surface area (Å²) < 4.78 is 0. The van der Waals surface area contributed by atoms with E-state index in [0.29, 0.717) is 6.42 Å². The molecule has 21 heavy (non-hydrogen) atoms. The van der Waals surface area contributed by atoms with Crippen molar-refractivity contribution in [1.82, 2.24) is 0 Å². The van der Waals surface area contributed by atoms with Gasteiger partial charge in [-0.3, -0.25) is 0 Å². The highest BCUT2D eigenvalue weighted by molar-refractivity contribution is 5.49. The lowest BCUT2D eigenvalue weighted by Crippen LogP contribution is -2.06. The number of aliphatic hydroxyl groups is 1. The van der Waals surface area contributed by atoms with Crippen molar-refractivity contribution in [2.75, 3.05) is 0 Å². The molecule has 0 aromatic carbocycles. The first-order valence-corrected chi connectivity index (χ1v) is 9.43. The van der Waals surface area contributed by atoms with Crippen molar-refractivity contribution in [2.24, 2.45) is 0 Å². The molecule has 0 bridgehead atoms. The normalized spacial score (nSPS) is 12.5. The van der Waals surface area contributed by atoms with Crippen molar-refractivity contribution >= 4 is 6.29 Å². The zero-order chi connectivity index (χ0) is 15.6. The van der Waals surface area contributed by atoms with Crippen LogP contribution in [0, 0.1) is 0 Å². The molecule has 0 amide bonds. The fourth-order valence-electron chi connectivity index (χ4n) is 2.80. The van der Waals surface area contributed by atoms with E-state index in [2.05, 4.69) is 6.92 Å². The molecule has 2 heteroatoms.